The lowest BCUT2D eigenvalue weighted by Crippen LogP contribution is -1.94. The summed E-state index contributed by atoms with van der Waals surface area (Å²) in [5, 5.41) is 12.7. The number of rotatable bonds is 4. The second-order valence-corrected chi connectivity index (χ2v) is 6.24. The van der Waals surface area contributed by atoms with Crippen molar-refractivity contribution in [2.24, 2.45) is 0 Å². The number of aryl methyl sites for hydroxylation is 2. The van der Waals surface area contributed by atoms with Crippen LogP contribution in [-0.2, 0) is 6.42 Å². The number of hydrogen-bond acceptors (Lipinski definition) is 9. The second kappa shape index (κ2) is 5.20. The molecule has 0 amide bonds. The fraction of sp³-hybridized carbons (Fsp3) is 0.375. The summed E-state index contributed by atoms with van der Waals surface area (Å²) in [6.07, 6.45) is 2.61. The van der Waals surface area contributed by atoms with Crippen molar-refractivity contribution >= 4 is 11.1 Å². The van der Waals surface area contributed by atoms with E-state index in [0.29, 0.717) is 41.5 Å². The van der Waals surface area contributed by atoms with Gasteiger partial charge in [0.2, 0.25) is 5.89 Å². The highest BCUT2D eigenvalue weighted by atomic mass is 16.5. The molecule has 25 heavy (non-hydrogen) atoms. The van der Waals surface area contributed by atoms with Gasteiger partial charge >= 0.3 is 0 Å². The Morgan fingerprint density at radius 3 is 2.52 bits per heavy atom. The zero-order valence-corrected chi connectivity index (χ0v) is 13.7. The molecule has 1 aliphatic rings. The van der Waals surface area contributed by atoms with Crippen LogP contribution in [0.4, 0.5) is 0 Å². The van der Waals surface area contributed by atoms with E-state index in [1.165, 1.54) is 0 Å². The molecular formula is C16H14N6O3. The van der Waals surface area contributed by atoms with E-state index in [1.54, 1.807) is 6.92 Å². The Bertz CT molecular complexity index is 1070. The Balaban J connectivity index is 1.57. The average Bonchev–Trinajstić information content (AvgIpc) is 3.04. The van der Waals surface area contributed by atoms with E-state index in [2.05, 4.69) is 30.4 Å². The van der Waals surface area contributed by atoms with Crippen molar-refractivity contribution in [2.75, 3.05) is 0 Å². The van der Waals surface area contributed by atoms with Gasteiger partial charge in [0.15, 0.2) is 11.6 Å². The van der Waals surface area contributed by atoms with Gasteiger partial charge in [0.1, 0.15) is 0 Å². The molecule has 1 fully saturated rings. The third-order valence-electron chi connectivity index (χ3n) is 4.22. The molecule has 4 heterocycles. The van der Waals surface area contributed by atoms with Crippen molar-refractivity contribution in [3.63, 3.8) is 0 Å². The smallest absolute Gasteiger partial charge is 0.259 e. The summed E-state index contributed by atoms with van der Waals surface area (Å²) in [7, 11) is 0. The van der Waals surface area contributed by atoms with E-state index in [1.807, 2.05) is 13.0 Å². The number of aromatic nitrogens is 6. The average molecular weight is 338 g/mol. The minimum atomic E-state index is 0.340. The van der Waals surface area contributed by atoms with Crippen LogP contribution in [0.3, 0.4) is 0 Å². The van der Waals surface area contributed by atoms with Gasteiger partial charge in [-0.1, -0.05) is 15.5 Å². The number of pyridine rings is 1. The van der Waals surface area contributed by atoms with Gasteiger partial charge in [-0.15, -0.1) is 0 Å². The first-order chi connectivity index (χ1) is 12.2. The summed E-state index contributed by atoms with van der Waals surface area (Å²) in [6.45, 7) is 3.60. The Kier molecular flexibility index (Phi) is 2.97. The van der Waals surface area contributed by atoms with Crippen LogP contribution in [0.25, 0.3) is 22.6 Å². The van der Waals surface area contributed by atoms with Gasteiger partial charge in [-0.3, -0.25) is 0 Å². The minimum Gasteiger partial charge on any atom is -0.340 e. The molecule has 0 atom stereocenters. The monoisotopic (exact) mass is 338 g/mol. The normalized spacial score (nSPS) is 14.5. The van der Waals surface area contributed by atoms with Gasteiger partial charge < -0.3 is 13.6 Å². The Labute approximate surface area is 141 Å². The quantitative estimate of drug-likeness (QED) is 0.553. The number of fused-ring (bicyclic) bond motifs is 1. The van der Waals surface area contributed by atoms with Gasteiger partial charge in [0, 0.05) is 18.5 Å². The lowest BCUT2D eigenvalue weighted by molar-refractivity contribution is 0.387. The third kappa shape index (κ3) is 2.48. The molecule has 1 aliphatic carbocycles. The molecule has 0 aliphatic heterocycles. The van der Waals surface area contributed by atoms with Crippen LogP contribution in [0.15, 0.2) is 19.6 Å². The Morgan fingerprint density at radius 2 is 1.76 bits per heavy atom. The molecule has 5 rings (SSSR count). The van der Waals surface area contributed by atoms with Crippen LogP contribution in [0.5, 0.6) is 0 Å². The molecule has 4 aromatic rings. The van der Waals surface area contributed by atoms with Gasteiger partial charge in [0.05, 0.1) is 23.1 Å². The molecule has 0 aromatic carbocycles. The molecule has 9 heteroatoms. The van der Waals surface area contributed by atoms with Crippen LogP contribution < -0.4 is 0 Å². The van der Waals surface area contributed by atoms with Crippen molar-refractivity contribution in [3.8, 4) is 11.5 Å². The zero-order chi connectivity index (χ0) is 17.0. The van der Waals surface area contributed by atoms with Crippen molar-refractivity contribution in [1.82, 2.24) is 30.4 Å². The molecule has 0 radical (unpaired) electrons. The van der Waals surface area contributed by atoms with Gasteiger partial charge in [-0.05, 0) is 25.8 Å². The summed E-state index contributed by atoms with van der Waals surface area (Å²) in [6, 6.07) is 2.00. The summed E-state index contributed by atoms with van der Waals surface area (Å²) in [5.74, 6) is 2.39. The number of hydrogen-bond donors (Lipinski definition) is 0. The van der Waals surface area contributed by atoms with E-state index in [9.17, 15) is 0 Å². The predicted octanol–water partition coefficient (Wildman–Crippen LogP) is 2.74. The van der Waals surface area contributed by atoms with Crippen molar-refractivity contribution in [1.29, 1.82) is 0 Å². The molecule has 0 spiro atoms. The first-order valence-electron chi connectivity index (χ1n) is 8.06. The SMILES string of the molecule is Cc1nc(Cc2noc(-c3cc(C4CC4)nc4onc(C)c34)n2)no1. The van der Waals surface area contributed by atoms with Crippen LogP contribution in [-0.4, -0.2) is 30.4 Å². The van der Waals surface area contributed by atoms with Gasteiger partial charge in [-0.2, -0.15) is 9.97 Å². The largest absolute Gasteiger partial charge is 0.340 e. The minimum absolute atomic E-state index is 0.340. The van der Waals surface area contributed by atoms with Crippen LogP contribution >= 0.6 is 0 Å². The molecule has 9 nitrogen and oxygen atoms in total. The maximum atomic E-state index is 5.47. The van der Waals surface area contributed by atoms with Gasteiger partial charge in [-0.25, -0.2) is 4.98 Å². The van der Waals surface area contributed by atoms with Gasteiger partial charge in [0.25, 0.3) is 11.6 Å². The summed E-state index contributed by atoms with van der Waals surface area (Å²) in [4.78, 5) is 13.2. The molecule has 0 unspecified atom stereocenters. The first-order valence-corrected chi connectivity index (χ1v) is 8.06. The molecule has 126 valence electrons. The maximum absolute atomic E-state index is 5.47. The third-order valence-corrected chi connectivity index (χ3v) is 4.22. The van der Waals surface area contributed by atoms with E-state index in [4.69, 9.17) is 13.6 Å². The van der Waals surface area contributed by atoms with Crippen molar-refractivity contribution in [2.45, 2.75) is 39.0 Å². The van der Waals surface area contributed by atoms with E-state index < -0.39 is 0 Å². The topological polar surface area (TPSA) is 117 Å². The molecule has 0 N–H and O–H groups in total. The highest BCUT2D eigenvalue weighted by molar-refractivity contribution is 5.91. The molecule has 0 bridgehead atoms. The van der Waals surface area contributed by atoms with Crippen LogP contribution in [0.2, 0.25) is 0 Å². The molecule has 4 aromatic heterocycles. The lowest BCUT2D eigenvalue weighted by Gasteiger charge is -2.01. The predicted molar refractivity (Wildman–Crippen MR) is 83.6 cm³/mol. The lowest BCUT2D eigenvalue weighted by atomic mass is 10.1. The fourth-order valence-electron chi connectivity index (χ4n) is 2.86. The summed E-state index contributed by atoms with van der Waals surface area (Å²) >= 11 is 0. The molecule has 0 saturated heterocycles. The fourth-order valence-corrected chi connectivity index (χ4v) is 2.86. The standard InChI is InChI=1S/C16H14N6O3/c1-7-14-10(5-11(9-3-4-9)18-16(14)25-20-7)15-19-13(22-24-15)6-12-17-8(2)23-21-12/h5,9H,3-4,6H2,1-2H3. The van der Waals surface area contributed by atoms with Crippen molar-refractivity contribution in [3.05, 3.63) is 35.0 Å². The van der Waals surface area contributed by atoms with Crippen LogP contribution in [0, 0.1) is 13.8 Å². The van der Waals surface area contributed by atoms with E-state index in [0.717, 1.165) is 35.2 Å². The first kappa shape index (κ1) is 14.3. The highest BCUT2D eigenvalue weighted by Crippen LogP contribution is 2.42. The highest BCUT2D eigenvalue weighted by Gasteiger charge is 2.28. The molecule has 1 saturated carbocycles. The second-order valence-electron chi connectivity index (χ2n) is 6.24. The van der Waals surface area contributed by atoms with E-state index >= 15 is 0 Å². The maximum Gasteiger partial charge on any atom is 0.259 e. The Morgan fingerprint density at radius 1 is 0.960 bits per heavy atom. The van der Waals surface area contributed by atoms with Crippen molar-refractivity contribution < 1.29 is 13.6 Å². The molecular weight excluding hydrogens is 324 g/mol. The number of nitrogens with zero attached hydrogens (tertiary/aromatic N) is 6. The zero-order valence-electron chi connectivity index (χ0n) is 13.7. The van der Waals surface area contributed by atoms with E-state index in [-0.39, 0.29) is 0 Å². The summed E-state index contributed by atoms with van der Waals surface area (Å²) < 4.78 is 15.8. The Hall–Kier alpha value is -3.10. The summed E-state index contributed by atoms with van der Waals surface area (Å²) in [5.41, 5.74) is 3.03. The van der Waals surface area contributed by atoms with Crippen LogP contribution in [0.1, 0.15) is 47.7 Å².